The van der Waals surface area contributed by atoms with Crippen molar-refractivity contribution in [2.45, 2.75) is 31.2 Å². The maximum atomic E-state index is 5.23. The standard InChI is InChI=1S/C9H11N2O/c1-2-6(1)8-5-9(12-11-8)7-3-4-10-7/h5-7H,1-4H2. The number of nitrogens with zero attached hydrogens (tertiary/aromatic N) is 2. The summed E-state index contributed by atoms with van der Waals surface area (Å²) in [5, 5.41) is 8.34. The van der Waals surface area contributed by atoms with Gasteiger partial charge in [-0.15, -0.1) is 0 Å². The fraction of sp³-hybridized carbons (Fsp3) is 0.667. The van der Waals surface area contributed by atoms with Crippen molar-refractivity contribution in [1.29, 1.82) is 0 Å². The molecule has 3 rings (SSSR count). The molecule has 1 aromatic heterocycles. The lowest BCUT2D eigenvalue weighted by atomic mass is 10.0. The molecule has 1 unspecified atom stereocenters. The molecule has 1 radical (unpaired) electrons. The maximum Gasteiger partial charge on any atom is 0.155 e. The largest absolute Gasteiger partial charge is 0.359 e. The summed E-state index contributed by atoms with van der Waals surface area (Å²) in [6.07, 6.45) is 3.71. The van der Waals surface area contributed by atoms with Crippen molar-refractivity contribution in [1.82, 2.24) is 10.5 Å². The lowest BCUT2D eigenvalue weighted by Gasteiger charge is -2.21. The maximum absolute atomic E-state index is 5.23. The van der Waals surface area contributed by atoms with E-state index in [-0.39, 0.29) is 0 Å². The first-order valence-corrected chi connectivity index (χ1v) is 4.56. The van der Waals surface area contributed by atoms with Gasteiger partial charge >= 0.3 is 0 Å². The third-order valence-electron chi connectivity index (χ3n) is 2.62. The zero-order valence-corrected chi connectivity index (χ0v) is 6.86. The van der Waals surface area contributed by atoms with E-state index >= 15 is 0 Å². The first-order chi connectivity index (χ1) is 5.93. The molecular weight excluding hydrogens is 152 g/mol. The Labute approximate surface area is 71.1 Å². The molecule has 0 bridgehead atoms. The van der Waals surface area contributed by atoms with E-state index in [2.05, 4.69) is 16.5 Å². The van der Waals surface area contributed by atoms with Gasteiger partial charge in [0.2, 0.25) is 0 Å². The first-order valence-electron chi connectivity index (χ1n) is 4.56. The van der Waals surface area contributed by atoms with Crippen molar-refractivity contribution in [3.63, 3.8) is 0 Å². The number of hydrogen-bond acceptors (Lipinski definition) is 2. The Hall–Kier alpha value is -0.830. The highest BCUT2D eigenvalue weighted by molar-refractivity contribution is 5.18. The van der Waals surface area contributed by atoms with E-state index in [0.717, 1.165) is 24.4 Å². The molecule has 0 spiro atoms. The van der Waals surface area contributed by atoms with Gasteiger partial charge in [-0.1, -0.05) is 5.16 Å². The molecule has 0 aromatic carbocycles. The molecule has 3 heteroatoms. The highest BCUT2D eigenvalue weighted by Gasteiger charge is 2.30. The minimum Gasteiger partial charge on any atom is -0.359 e. The van der Waals surface area contributed by atoms with Crippen LogP contribution >= 0.6 is 0 Å². The molecule has 2 aliphatic rings. The van der Waals surface area contributed by atoms with Crippen LogP contribution in [0.25, 0.3) is 0 Å². The van der Waals surface area contributed by atoms with Gasteiger partial charge in [-0.2, -0.15) is 0 Å². The lowest BCUT2D eigenvalue weighted by Crippen LogP contribution is -2.27. The molecule has 2 fully saturated rings. The Kier molecular flexibility index (Phi) is 1.29. The summed E-state index contributed by atoms with van der Waals surface area (Å²) in [6, 6.07) is 2.41. The van der Waals surface area contributed by atoms with Crippen LogP contribution in [0.4, 0.5) is 0 Å². The normalized spacial score (nSPS) is 28.5. The first kappa shape index (κ1) is 6.66. The van der Waals surface area contributed by atoms with Gasteiger partial charge in [0.1, 0.15) is 0 Å². The Morgan fingerprint density at radius 2 is 2.17 bits per heavy atom. The minimum atomic E-state index is 0.324. The predicted molar refractivity (Wildman–Crippen MR) is 42.8 cm³/mol. The van der Waals surface area contributed by atoms with Gasteiger partial charge in [0, 0.05) is 18.5 Å². The van der Waals surface area contributed by atoms with Gasteiger partial charge in [-0.05, 0) is 19.3 Å². The second-order valence-electron chi connectivity index (χ2n) is 3.64. The van der Waals surface area contributed by atoms with E-state index in [1.165, 1.54) is 12.8 Å². The minimum absolute atomic E-state index is 0.324. The van der Waals surface area contributed by atoms with Crippen LogP contribution < -0.4 is 5.32 Å². The predicted octanol–water partition coefficient (Wildman–Crippen LogP) is 1.60. The van der Waals surface area contributed by atoms with E-state index in [0.29, 0.717) is 12.0 Å². The molecule has 1 saturated heterocycles. The zero-order chi connectivity index (χ0) is 7.97. The van der Waals surface area contributed by atoms with Crippen LogP contribution in [0.15, 0.2) is 10.6 Å². The SMILES string of the molecule is c1c(C2CC2)noc1C1CC[N]1. The molecule has 1 aliphatic heterocycles. The Morgan fingerprint density at radius 3 is 2.75 bits per heavy atom. The molecular formula is C9H11N2O. The van der Waals surface area contributed by atoms with Crippen molar-refractivity contribution >= 4 is 0 Å². The van der Waals surface area contributed by atoms with Gasteiger partial charge in [0.25, 0.3) is 0 Å². The summed E-state index contributed by atoms with van der Waals surface area (Å²) in [5.41, 5.74) is 1.15. The molecule has 1 aliphatic carbocycles. The molecule has 1 saturated carbocycles. The monoisotopic (exact) mass is 163 g/mol. The fourth-order valence-corrected chi connectivity index (χ4v) is 1.52. The Morgan fingerprint density at radius 1 is 1.33 bits per heavy atom. The lowest BCUT2D eigenvalue weighted by molar-refractivity contribution is 0.274. The van der Waals surface area contributed by atoms with Crippen molar-refractivity contribution in [2.24, 2.45) is 0 Å². The van der Waals surface area contributed by atoms with Crippen molar-refractivity contribution in [3.05, 3.63) is 17.5 Å². The van der Waals surface area contributed by atoms with E-state index in [9.17, 15) is 0 Å². The number of hydrogen-bond donors (Lipinski definition) is 0. The van der Waals surface area contributed by atoms with Crippen molar-refractivity contribution < 1.29 is 4.52 Å². The van der Waals surface area contributed by atoms with Gasteiger partial charge in [-0.3, -0.25) is 0 Å². The van der Waals surface area contributed by atoms with E-state index in [4.69, 9.17) is 4.52 Å². The molecule has 63 valence electrons. The summed E-state index contributed by atoms with van der Waals surface area (Å²) in [4.78, 5) is 0. The van der Waals surface area contributed by atoms with Crippen LogP contribution in [-0.2, 0) is 0 Å². The van der Waals surface area contributed by atoms with E-state index in [1.54, 1.807) is 0 Å². The summed E-state index contributed by atoms with van der Waals surface area (Å²) in [5.74, 6) is 1.67. The smallest absolute Gasteiger partial charge is 0.155 e. The second-order valence-corrected chi connectivity index (χ2v) is 3.64. The van der Waals surface area contributed by atoms with Gasteiger partial charge in [0.15, 0.2) is 5.76 Å². The molecule has 0 amide bonds. The topological polar surface area (TPSA) is 40.1 Å². The number of rotatable bonds is 2. The molecule has 2 heterocycles. The van der Waals surface area contributed by atoms with Crippen LogP contribution in [0, 0.1) is 0 Å². The number of aromatic nitrogens is 1. The zero-order valence-electron chi connectivity index (χ0n) is 6.86. The van der Waals surface area contributed by atoms with Crippen molar-refractivity contribution in [3.8, 4) is 0 Å². The highest BCUT2D eigenvalue weighted by Crippen LogP contribution is 2.40. The van der Waals surface area contributed by atoms with Gasteiger partial charge in [0.05, 0.1) is 11.7 Å². The highest BCUT2D eigenvalue weighted by atomic mass is 16.5. The van der Waals surface area contributed by atoms with Crippen molar-refractivity contribution in [2.75, 3.05) is 6.54 Å². The van der Waals surface area contributed by atoms with Crippen LogP contribution in [-0.4, -0.2) is 11.7 Å². The third kappa shape index (κ3) is 0.966. The molecule has 3 nitrogen and oxygen atoms in total. The van der Waals surface area contributed by atoms with Crippen LogP contribution in [0.1, 0.15) is 42.7 Å². The Balaban J connectivity index is 1.81. The average Bonchev–Trinajstić information content (AvgIpc) is 2.70. The Bertz CT molecular complexity index is 286. The molecule has 1 atom stereocenters. The van der Waals surface area contributed by atoms with Gasteiger partial charge in [-0.25, -0.2) is 5.32 Å². The van der Waals surface area contributed by atoms with Crippen LogP contribution in [0.2, 0.25) is 0 Å². The molecule has 0 N–H and O–H groups in total. The van der Waals surface area contributed by atoms with Gasteiger partial charge < -0.3 is 4.52 Å². The second kappa shape index (κ2) is 2.33. The fourth-order valence-electron chi connectivity index (χ4n) is 1.52. The summed E-state index contributed by atoms with van der Waals surface area (Å²) >= 11 is 0. The third-order valence-corrected chi connectivity index (χ3v) is 2.62. The van der Waals surface area contributed by atoms with Crippen LogP contribution in [0.5, 0.6) is 0 Å². The summed E-state index contributed by atoms with van der Waals surface area (Å²) < 4.78 is 5.23. The van der Waals surface area contributed by atoms with Crippen LogP contribution in [0.3, 0.4) is 0 Å². The summed E-state index contributed by atoms with van der Waals surface area (Å²) in [6.45, 7) is 0.990. The average molecular weight is 163 g/mol. The molecule has 1 aromatic rings. The summed E-state index contributed by atoms with van der Waals surface area (Å²) in [7, 11) is 0. The molecule has 12 heavy (non-hydrogen) atoms. The van der Waals surface area contributed by atoms with E-state index < -0.39 is 0 Å². The quantitative estimate of drug-likeness (QED) is 0.664. The van der Waals surface area contributed by atoms with E-state index in [1.807, 2.05) is 0 Å².